The van der Waals surface area contributed by atoms with Crippen molar-refractivity contribution < 1.29 is 53.0 Å². The highest BCUT2D eigenvalue weighted by Crippen LogP contribution is 2.41. The highest BCUT2D eigenvalue weighted by molar-refractivity contribution is 6.26. The van der Waals surface area contributed by atoms with E-state index in [1.807, 2.05) is 0 Å². The molecule has 1 heterocycles. The van der Waals surface area contributed by atoms with E-state index in [1.54, 1.807) is 78.9 Å². The summed E-state index contributed by atoms with van der Waals surface area (Å²) in [6.07, 6.45) is 1.13. The lowest BCUT2D eigenvalue weighted by Gasteiger charge is -2.18. The molecule has 5 rings (SSSR count). The van der Waals surface area contributed by atoms with E-state index in [0.717, 1.165) is 5.56 Å². The fraction of sp³-hybridized carbons (Fsp3) is 0.256. The quantitative estimate of drug-likeness (QED) is 0.0713. The molecule has 0 radical (unpaired) electrons. The van der Waals surface area contributed by atoms with Gasteiger partial charge in [-0.2, -0.15) is 0 Å². The summed E-state index contributed by atoms with van der Waals surface area (Å²) in [7, 11) is 4.44. The Morgan fingerprint density at radius 2 is 1.49 bits per heavy atom. The van der Waals surface area contributed by atoms with Gasteiger partial charge in [0.25, 0.3) is 0 Å². The van der Waals surface area contributed by atoms with E-state index in [-0.39, 0.29) is 60.2 Å². The Balaban J connectivity index is 1.38. The number of amides is 1. The van der Waals surface area contributed by atoms with Crippen LogP contribution in [0.25, 0.3) is 5.57 Å². The first-order valence-electron chi connectivity index (χ1n) is 16.2. The van der Waals surface area contributed by atoms with Crippen molar-refractivity contribution in [1.29, 1.82) is 0 Å². The van der Waals surface area contributed by atoms with Gasteiger partial charge in [0.2, 0.25) is 18.4 Å². The van der Waals surface area contributed by atoms with E-state index < -0.39 is 11.8 Å². The van der Waals surface area contributed by atoms with Crippen LogP contribution in [0.5, 0.6) is 40.2 Å². The van der Waals surface area contributed by atoms with Crippen LogP contribution in [0.1, 0.15) is 39.9 Å². The molecule has 0 aliphatic carbocycles. The summed E-state index contributed by atoms with van der Waals surface area (Å²) in [4.78, 5) is 39.5. The van der Waals surface area contributed by atoms with Crippen LogP contribution in [0.15, 0.2) is 84.4 Å². The molecule has 4 aromatic rings. The fourth-order valence-electron chi connectivity index (χ4n) is 5.59. The van der Waals surface area contributed by atoms with Crippen LogP contribution >= 0.6 is 0 Å². The van der Waals surface area contributed by atoms with E-state index >= 15 is 0 Å². The van der Waals surface area contributed by atoms with Crippen LogP contribution in [0.3, 0.4) is 0 Å². The fourth-order valence-corrected chi connectivity index (χ4v) is 5.59. The molecule has 0 aromatic heterocycles. The van der Waals surface area contributed by atoms with Crippen molar-refractivity contribution in [2.75, 3.05) is 41.3 Å². The number of ketones is 1. The number of allylic oxidation sites excluding steroid dienone is 1. The molecule has 0 bridgehead atoms. The molecule has 3 N–H and O–H groups in total. The molecule has 0 saturated carbocycles. The second kappa shape index (κ2) is 17.0. The maximum atomic E-state index is 14.2. The number of nitrogens with one attached hydrogen (secondary N) is 1. The summed E-state index contributed by atoms with van der Waals surface area (Å²) in [6.45, 7) is 0.620. The third-order valence-corrected chi connectivity index (χ3v) is 8.17. The zero-order valence-electron chi connectivity index (χ0n) is 28.5. The number of ether oxygens (including phenoxy) is 6. The van der Waals surface area contributed by atoms with Crippen molar-refractivity contribution in [3.05, 3.63) is 107 Å². The van der Waals surface area contributed by atoms with Gasteiger partial charge in [-0.05, 0) is 90.2 Å². The number of aromatic hydroxyl groups is 1. The van der Waals surface area contributed by atoms with E-state index in [1.165, 1.54) is 21.3 Å². The van der Waals surface area contributed by atoms with Gasteiger partial charge in [0.15, 0.2) is 28.8 Å². The minimum absolute atomic E-state index is 0.00263. The van der Waals surface area contributed by atoms with Crippen LogP contribution in [-0.2, 0) is 22.4 Å². The SMILES string of the molecule is COc1ccc(C(=O)/C(Cc2cc(OC)c(OC)c(OCCCC(=O)NCCc3ccc(O)cc3)c2)=C(\C(=O)O)c2ccc3c(c2)OCO3)cc1. The predicted octanol–water partition coefficient (Wildman–Crippen LogP) is 5.63. The molecule has 1 aliphatic heterocycles. The molecular weight excluding hydrogens is 658 g/mol. The van der Waals surface area contributed by atoms with Gasteiger partial charge in [-0.15, -0.1) is 0 Å². The summed E-state index contributed by atoms with van der Waals surface area (Å²) in [6, 6.07) is 21.3. The number of benzene rings is 4. The van der Waals surface area contributed by atoms with Crippen LogP contribution < -0.4 is 33.7 Å². The number of Topliss-reactive ketones (excluding diaryl/α,β-unsaturated/α-hetero) is 1. The van der Waals surface area contributed by atoms with E-state index in [0.29, 0.717) is 59.4 Å². The number of carboxylic acids is 1. The van der Waals surface area contributed by atoms with Gasteiger partial charge < -0.3 is 44.0 Å². The minimum atomic E-state index is -1.30. The topological polar surface area (TPSA) is 159 Å². The first kappa shape index (κ1) is 36.1. The van der Waals surface area contributed by atoms with Gasteiger partial charge >= 0.3 is 5.97 Å². The molecule has 0 fully saturated rings. The Morgan fingerprint density at radius 3 is 2.18 bits per heavy atom. The third kappa shape index (κ3) is 9.09. The van der Waals surface area contributed by atoms with Crippen LogP contribution in [0.4, 0.5) is 0 Å². The molecule has 0 saturated heterocycles. The number of aliphatic carboxylic acids is 1. The number of hydrogen-bond acceptors (Lipinski definition) is 10. The largest absolute Gasteiger partial charge is 0.508 e. The summed E-state index contributed by atoms with van der Waals surface area (Å²) in [5.41, 5.74) is 1.85. The predicted molar refractivity (Wildman–Crippen MR) is 187 cm³/mol. The zero-order valence-corrected chi connectivity index (χ0v) is 28.5. The number of carbonyl (C=O) groups excluding carboxylic acids is 2. The molecule has 12 nitrogen and oxygen atoms in total. The molecule has 266 valence electrons. The Bertz CT molecular complexity index is 1900. The number of rotatable bonds is 17. The maximum Gasteiger partial charge on any atom is 0.336 e. The van der Waals surface area contributed by atoms with Crippen molar-refractivity contribution in [2.45, 2.75) is 25.7 Å². The average Bonchev–Trinajstić information content (AvgIpc) is 3.61. The van der Waals surface area contributed by atoms with Crippen molar-refractivity contribution >= 4 is 23.2 Å². The van der Waals surface area contributed by atoms with Crippen molar-refractivity contribution in [2.24, 2.45) is 0 Å². The lowest BCUT2D eigenvalue weighted by molar-refractivity contribution is -0.130. The second-order valence-corrected chi connectivity index (χ2v) is 11.5. The van der Waals surface area contributed by atoms with E-state index in [2.05, 4.69) is 5.32 Å². The van der Waals surface area contributed by atoms with Crippen molar-refractivity contribution in [3.8, 4) is 40.2 Å². The first-order valence-corrected chi connectivity index (χ1v) is 16.2. The van der Waals surface area contributed by atoms with E-state index in [9.17, 15) is 24.6 Å². The first-order chi connectivity index (χ1) is 24.7. The number of hydrogen-bond donors (Lipinski definition) is 3. The van der Waals surface area contributed by atoms with Gasteiger partial charge in [0, 0.05) is 30.5 Å². The van der Waals surface area contributed by atoms with Crippen LogP contribution in [0.2, 0.25) is 0 Å². The Labute approximate surface area is 295 Å². The number of carbonyl (C=O) groups is 3. The minimum Gasteiger partial charge on any atom is -0.508 e. The summed E-state index contributed by atoms with van der Waals surface area (Å²) < 4.78 is 33.4. The molecular formula is C39H39NO11. The second-order valence-electron chi connectivity index (χ2n) is 11.5. The summed E-state index contributed by atoms with van der Waals surface area (Å²) in [5.74, 6) is 0.560. The van der Waals surface area contributed by atoms with Gasteiger partial charge in [0.05, 0.1) is 33.5 Å². The highest BCUT2D eigenvalue weighted by atomic mass is 16.7. The number of phenolic OH excluding ortho intramolecular Hbond substituents is 1. The van der Waals surface area contributed by atoms with Crippen molar-refractivity contribution in [1.82, 2.24) is 5.32 Å². The maximum absolute atomic E-state index is 14.2. The number of fused-ring (bicyclic) bond motifs is 1. The zero-order chi connectivity index (χ0) is 36.3. The molecule has 0 spiro atoms. The lowest BCUT2D eigenvalue weighted by Crippen LogP contribution is -2.25. The molecule has 51 heavy (non-hydrogen) atoms. The molecule has 4 aromatic carbocycles. The number of methoxy groups -OCH3 is 3. The van der Waals surface area contributed by atoms with Gasteiger partial charge in [0.1, 0.15) is 11.5 Å². The standard InChI is InChI=1S/C39H39NO11/c1-46-29-13-8-26(9-14-29)37(43)30(36(39(44)45)27-10-15-31-32(22-27)51-23-50-31)19-25-20-33(47-2)38(48-3)34(21-25)49-18-4-5-35(42)40-17-16-24-6-11-28(41)12-7-24/h6-15,20-22,41H,4-5,16-19,23H2,1-3H3,(H,40,42)(H,44,45)/b36-30-. The van der Waals surface area contributed by atoms with Gasteiger partial charge in [-0.3, -0.25) is 9.59 Å². The normalized spacial score (nSPS) is 12.1. The Morgan fingerprint density at radius 1 is 0.784 bits per heavy atom. The lowest BCUT2D eigenvalue weighted by atomic mass is 9.89. The molecule has 12 heteroatoms. The van der Waals surface area contributed by atoms with E-state index in [4.69, 9.17) is 28.4 Å². The molecule has 1 aliphatic rings. The van der Waals surface area contributed by atoms with Gasteiger partial charge in [-0.25, -0.2) is 4.79 Å². The van der Waals surface area contributed by atoms with Crippen LogP contribution in [0, 0.1) is 0 Å². The molecule has 0 atom stereocenters. The van der Waals surface area contributed by atoms with Crippen LogP contribution in [-0.4, -0.2) is 69.1 Å². The third-order valence-electron chi connectivity index (χ3n) is 8.17. The molecule has 0 unspecified atom stereocenters. The van der Waals surface area contributed by atoms with Crippen molar-refractivity contribution in [3.63, 3.8) is 0 Å². The summed E-state index contributed by atoms with van der Waals surface area (Å²) in [5, 5.41) is 22.9. The highest BCUT2D eigenvalue weighted by Gasteiger charge is 2.27. The number of phenols is 1. The number of carboxylic acid groups (broad SMARTS) is 1. The summed E-state index contributed by atoms with van der Waals surface area (Å²) >= 11 is 0. The molecule has 1 amide bonds. The Kier molecular flexibility index (Phi) is 12.0. The smallest absolute Gasteiger partial charge is 0.336 e. The van der Waals surface area contributed by atoms with Gasteiger partial charge in [-0.1, -0.05) is 18.2 Å². The average molecular weight is 698 g/mol. The Hall–Kier alpha value is -6.17. The monoisotopic (exact) mass is 697 g/mol.